The Labute approximate surface area is 149 Å². The lowest BCUT2D eigenvalue weighted by Gasteiger charge is -2.33. The minimum Gasteiger partial charge on any atom is -0.385 e. The number of carbonyl (C=O) groups is 3. The Morgan fingerprint density at radius 2 is 1.92 bits per heavy atom. The summed E-state index contributed by atoms with van der Waals surface area (Å²) >= 11 is 0. The summed E-state index contributed by atoms with van der Waals surface area (Å²) in [5, 5.41) is 16.2. The number of amides is 3. The fourth-order valence-electron chi connectivity index (χ4n) is 4.07. The van der Waals surface area contributed by atoms with Gasteiger partial charge in [-0.1, -0.05) is 6.07 Å². The number of imide groups is 1. The van der Waals surface area contributed by atoms with Crippen LogP contribution in [0.25, 0.3) is 0 Å². The van der Waals surface area contributed by atoms with Crippen molar-refractivity contribution in [2.45, 2.75) is 43.9 Å². The molecule has 1 atom stereocenters. The van der Waals surface area contributed by atoms with Crippen molar-refractivity contribution in [3.8, 4) is 0 Å². The summed E-state index contributed by atoms with van der Waals surface area (Å²) in [6.45, 7) is 1.15. The number of nitrogens with one attached hydrogen (secondary N) is 2. The van der Waals surface area contributed by atoms with Gasteiger partial charge in [0, 0.05) is 23.1 Å². The Bertz CT molecular complexity index is 804. The lowest BCUT2D eigenvalue weighted by Crippen LogP contribution is -2.52. The largest absolute Gasteiger partial charge is 0.385 e. The normalized spacial score (nSPS) is 25.2. The van der Waals surface area contributed by atoms with Crippen molar-refractivity contribution in [1.29, 1.82) is 0 Å². The number of benzene rings is 1. The van der Waals surface area contributed by atoms with Crippen LogP contribution in [0.1, 0.15) is 47.2 Å². The fraction of sp³-hybridized carbons (Fsp3) is 0.500. The quantitative estimate of drug-likeness (QED) is 0.652. The zero-order valence-electron chi connectivity index (χ0n) is 14.2. The van der Waals surface area contributed by atoms with Crippen molar-refractivity contribution in [1.82, 2.24) is 15.5 Å². The van der Waals surface area contributed by atoms with E-state index in [1.165, 1.54) is 17.0 Å². The molecule has 0 bridgehead atoms. The molecule has 1 aromatic carbocycles. The number of aliphatic hydroxyl groups is 1. The number of carbonyl (C=O) groups excluding carboxylic acids is 3. The summed E-state index contributed by atoms with van der Waals surface area (Å²) in [6, 6.07) is 2.23. The van der Waals surface area contributed by atoms with Crippen LogP contribution in [0.15, 0.2) is 12.1 Å². The van der Waals surface area contributed by atoms with Crippen LogP contribution in [0.4, 0.5) is 4.39 Å². The molecule has 2 saturated heterocycles. The van der Waals surface area contributed by atoms with Gasteiger partial charge in [-0.15, -0.1) is 0 Å². The molecule has 8 heteroatoms. The Morgan fingerprint density at radius 1 is 1.19 bits per heavy atom. The molecule has 0 aromatic heterocycles. The summed E-state index contributed by atoms with van der Waals surface area (Å²) in [7, 11) is 0. The van der Waals surface area contributed by atoms with Crippen LogP contribution in [0, 0.1) is 5.82 Å². The highest BCUT2D eigenvalue weighted by molar-refractivity contribution is 6.05. The van der Waals surface area contributed by atoms with Gasteiger partial charge >= 0.3 is 0 Å². The highest BCUT2D eigenvalue weighted by Crippen LogP contribution is 2.37. The molecule has 1 unspecified atom stereocenters. The van der Waals surface area contributed by atoms with Gasteiger partial charge in [0.15, 0.2) is 0 Å². The predicted molar refractivity (Wildman–Crippen MR) is 88.4 cm³/mol. The Balaban J connectivity index is 1.65. The van der Waals surface area contributed by atoms with Gasteiger partial charge in [-0.05, 0) is 38.4 Å². The third-order valence-electron chi connectivity index (χ3n) is 5.58. The first kappa shape index (κ1) is 17.1. The van der Waals surface area contributed by atoms with Gasteiger partial charge in [-0.25, -0.2) is 4.39 Å². The summed E-state index contributed by atoms with van der Waals surface area (Å²) in [4.78, 5) is 37.4. The molecular weight excluding hydrogens is 341 g/mol. The molecular formula is C18H20FN3O4. The lowest BCUT2D eigenvalue weighted by atomic mass is 9.83. The highest BCUT2D eigenvalue weighted by atomic mass is 19.1. The lowest BCUT2D eigenvalue weighted by molar-refractivity contribution is -0.136. The molecule has 3 heterocycles. The maximum Gasteiger partial charge on any atom is 0.255 e. The van der Waals surface area contributed by atoms with Crippen LogP contribution < -0.4 is 10.6 Å². The average molecular weight is 361 g/mol. The van der Waals surface area contributed by atoms with Gasteiger partial charge in [0.2, 0.25) is 11.8 Å². The van der Waals surface area contributed by atoms with E-state index in [2.05, 4.69) is 10.6 Å². The average Bonchev–Trinajstić information content (AvgIpc) is 2.94. The highest BCUT2D eigenvalue weighted by Gasteiger charge is 2.42. The minimum absolute atomic E-state index is 0.0333. The number of halogens is 1. The van der Waals surface area contributed by atoms with Crippen molar-refractivity contribution in [2.75, 3.05) is 13.1 Å². The Morgan fingerprint density at radius 3 is 2.62 bits per heavy atom. The van der Waals surface area contributed by atoms with E-state index in [-0.39, 0.29) is 42.0 Å². The topological polar surface area (TPSA) is 98.7 Å². The number of piperidine rings is 2. The second-order valence-corrected chi connectivity index (χ2v) is 7.13. The van der Waals surface area contributed by atoms with Crippen molar-refractivity contribution >= 4 is 17.7 Å². The zero-order chi connectivity index (χ0) is 18.5. The molecule has 0 radical (unpaired) electrons. The molecule has 3 aliphatic heterocycles. The third-order valence-corrected chi connectivity index (χ3v) is 5.58. The molecule has 1 aromatic rings. The zero-order valence-corrected chi connectivity index (χ0v) is 14.2. The van der Waals surface area contributed by atoms with Crippen molar-refractivity contribution in [3.05, 3.63) is 34.6 Å². The van der Waals surface area contributed by atoms with E-state index in [1.807, 2.05) is 0 Å². The van der Waals surface area contributed by atoms with Gasteiger partial charge < -0.3 is 15.3 Å². The maximum absolute atomic E-state index is 15.2. The number of fused-ring (bicyclic) bond motifs is 1. The molecule has 0 saturated carbocycles. The van der Waals surface area contributed by atoms with Crippen LogP contribution in [0.2, 0.25) is 0 Å². The first-order valence-electron chi connectivity index (χ1n) is 8.80. The minimum atomic E-state index is -1.25. The van der Waals surface area contributed by atoms with Gasteiger partial charge in [-0.2, -0.15) is 0 Å². The number of nitrogens with zero attached hydrogens (tertiary/aromatic N) is 1. The molecule has 7 nitrogen and oxygen atoms in total. The molecule has 26 heavy (non-hydrogen) atoms. The fourth-order valence-corrected chi connectivity index (χ4v) is 4.07. The summed E-state index contributed by atoms with van der Waals surface area (Å²) in [5.74, 6) is -1.88. The van der Waals surface area contributed by atoms with Gasteiger partial charge in [0.1, 0.15) is 11.9 Å². The second-order valence-electron chi connectivity index (χ2n) is 7.13. The van der Waals surface area contributed by atoms with Gasteiger partial charge in [-0.3, -0.25) is 19.7 Å². The molecule has 3 amide bonds. The van der Waals surface area contributed by atoms with E-state index in [0.717, 1.165) is 0 Å². The van der Waals surface area contributed by atoms with E-state index < -0.39 is 29.3 Å². The van der Waals surface area contributed by atoms with E-state index in [4.69, 9.17) is 0 Å². The monoisotopic (exact) mass is 361 g/mol. The van der Waals surface area contributed by atoms with E-state index in [0.29, 0.717) is 25.9 Å². The van der Waals surface area contributed by atoms with Crippen LogP contribution in [0.5, 0.6) is 0 Å². The number of hydrogen-bond acceptors (Lipinski definition) is 5. The standard InChI is InChI=1S/C18H20FN3O4/c19-15-11-9-22(13-3-4-14(23)21-16(13)24)17(25)10(11)1-2-12(15)18(26)5-7-20-8-6-18/h1-2,13,20,26H,3-9H2,(H,21,23,24). The van der Waals surface area contributed by atoms with E-state index >= 15 is 4.39 Å². The third kappa shape index (κ3) is 2.60. The van der Waals surface area contributed by atoms with Crippen molar-refractivity contribution in [3.63, 3.8) is 0 Å². The van der Waals surface area contributed by atoms with Crippen LogP contribution in [0.3, 0.4) is 0 Å². The van der Waals surface area contributed by atoms with Crippen molar-refractivity contribution < 1.29 is 23.9 Å². The first-order chi connectivity index (χ1) is 12.4. The smallest absolute Gasteiger partial charge is 0.255 e. The van der Waals surface area contributed by atoms with Crippen molar-refractivity contribution in [2.24, 2.45) is 0 Å². The maximum atomic E-state index is 15.2. The van der Waals surface area contributed by atoms with Gasteiger partial charge in [0.25, 0.3) is 5.91 Å². The molecule has 3 N–H and O–H groups in total. The Hall–Kier alpha value is -2.32. The molecule has 0 spiro atoms. The summed E-state index contributed by atoms with van der Waals surface area (Å²) in [5.41, 5.74) is -0.622. The van der Waals surface area contributed by atoms with E-state index in [1.54, 1.807) is 0 Å². The first-order valence-corrected chi connectivity index (χ1v) is 8.80. The second kappa shape index (κ2) is 6.14. The molecule has 2 fully saturated rings. The predicted octanol–water partition coefficient (Wildman–Crippen LogP) is 0.158. The Kier molecular flexibility index (Phi) is 4.04. The molecule has 138 valence electrons. The SMILES string of the molecule is O=C1CCC(N2Cc3c(ccc(C4(O)CCNCC4)c3F)C2=O)C(=O)N1. The number of rotatable bonds is 2. The van der Waals surface area contributed by atoms with Crippen LogP contribution in [-0.4, -0.2) is 46.9 Å². The van der Waals surface area contributed by atoms with E-state index in [9.17, 15) is 19.5 Å². The number of hydrogen-bond donors (Lipinski definition) is 3. The summed E-state index contributed by atoms with van der Waals surface area (Å²) < 4.78 is 15.2. The van der Waals surface area contributed by atoms with Crippen LogP contribution in [-0.2, 0) is 21.7 Å². The molecule has 4 rings (SSSR count). The van der Waals surface area contributed by atoms with Gasteiger partial charge in [0.05, 0.1) is 12.1 Å². The molecule has 0 aliphatic carbocycles. The molecule has 3 aliphatic rings. The van der Waals surface area contributed by atoms with Crippen LogP contribution >= 0.6 is 0 Å². The summed E-state index contributed by atoms with van der Waals surface area (Å²) in [6.07, 6.45) is 1.17.